The van der Waals surface area contributed by atoms with E-state index in [1.807, 2.05) is 6.07 Å². The molecule has 1 unspecified atom stereocenters. The molecule has 106 valence electrons. The van der Waals surface area contributed by atoms with E-state index in [2.05, 4.69) is 43.0 Å². The first-order valence-corrected chi connectivity index (χ1v) is 7.05. The second kappa shape index (κ2) is 5.33. The monoisotopic (exact) mass is 263 g/mol. The van der Waals surface area contributed by atoms with Crippen LogP contribution in [0.1, 0.15) is 46.4 Å². The molecule has 2 heterocycles. The third-order valence-electron chi connectivity index (χ3n) is 3.72. The van der Waals surface area contributed by atoms with Gasteiger partial charge in [0, 0.05) is 24.6 Å². The van der Waals surface area contributed by atoms with E-state index in [9.17, 15) is 0 Å². The molecular weight excluding hydrogens is 238 g/mol. The van der Waals surface area contributed by atoms with Crippen LogP contribution in [0.15, 0.2) is 6.07 Å². The van der Waals surface area contributed by atoms with Gasteiger partial charge in [-0.05, 0) is 12.3 Å². The minimum atomic E-state index is -0.0779. The van der Waals surface area contributed by atoms with E-state index in [-0.39, 0.29) is 5.41 Å². The molecule has 1 aromatic rings. The van der Waals surface area contributed by atoms with Crippen molar-refractivity contribution >= 4 is 11.6 Å². The Labute approximate surface area is 115 Å². The smallest absolute Gasteiger partial charge is 0.145 e. The van der Waals surface area contributed by atoms with Gasteiger partial charge in [-0.2, -0.15) is 0 Å². The van der Waals surface area contributed by atoms with Crippen molar-refractivity contribution in [2.75, 3.05) is 23.4 Å². The van der Waals surface area contributed by atoms with Crippen molar-refractivity contribution in [3.63, 3.8) is 0 Å². The zero-order valence-corrected chi connectivity index (χ0v) is 12.4. The topological polar surface area (TPSA) is 67.1 Å². The average molecular weight is 263 g/mol. The summed E-state index contributed by atoms with van der Waals surface area (Å²) in [5, 5.41) is 0. The van der Waals surface area contributed by atoms with Crippen molar-refractivity contribution < 1.29 is 0 Å². The molecule has 0 radical (unpaired) electrons. The van der Waals surface area contributed by atoms with Crippen molar-refractivity contribution in [2.24, 2.45) is 11.8 Å². The van der Waals surface area contributed by atoms with Crippen LogP contribution < -0.4 is 16.2 Å². The minimum Gasteiger partial charge on any atom is -0.356 e. The van der Waals surface area contributed by atoms with E-state index in [0.717, 1.165) is 30.6 Å². The summed E-state index contributed by atoms with van der Waals surface area (Å²) in [5.41, 5.74) is 2.57. The molecule has 1 aliphatic rings. The Morgan fingerprint density at radius 2 is 2.16 bits per heavy atom. The van der Waals surface area contributed by atoms with Crippen LogP contribution in [0, 0.1) is 5.92 Å². The van der Waals surface area contributed by atoms with Crippen molar-refractivity contribution in [1.82, 2.24) is 9.97 Å². The number of anilines is 2. The van der Waals surface area contributed by atoms with E-state index >= 15 is 0 Å². The molecule has 0 saturated carbocycles. The number of hydrazine groups is 1. The minimum absolute atomic E-state index is 0.0779. The Hall–Kier alpha value is -1.36. The molecule has 2 rings (SSSR count). The Kier molecular flexibility index (Phi) is 3.94. The Morgan fingerprint density at radius 3 is 2.68 bits per heavy atom. The van der Waals surface area contributed by atoms with Crippen LogP contribution in [0.25, 0.3) is 0 Å². The predicted molar refractivity (Wildman–Crippen MR) is 79.2 cm³/mol. The molecule has 5 heteroatoms. The Balaban J connectivity index is 2.30. The first-order valence-electron chi connectivity index (χ1n) is 7.05. The molecular formula is C14H25N5. The first kappa shape index (κ1) is 14.1. The molecule has 1 aliphatic heterocycles. The summed E-state index contributed by atoms with van der Waals surface area (Å²) in [6.07, 6.45) is 2.48. The van der Waals surface area contributed by atoms with Gasteiger partial charge >= 0.3 is 0 Å². The standard InChI is InChI=1S/C14H25N5/c1-5-10-6-7-19(9-10)12-8-11(18-15)16-13(17-12)14(2,3)4/h8,10H,5-7,9,15H2,1-4H3,(H,16,17,18). The lowest BCUT2D eigenvalue weighted by molar-refractivity contribution is 0.544. The molecule has 5 nitrogen and oxygen atoms in total. The molecule has 0 amide bonds. The van der Waals surface area contributed by atoms with Gasteiger partial charge in [0.25, 0.3) is 0 Å². The van der Waals surface area contributed by atoms with Gasteiger partial charge in [-0.3, -0.25) is 0 Å². The van der Waals surface area contributed by atoms with E-state index in [1.54, 1.807) is 0 Å². The van der Waals surface area contributed by atoms with Crippen LogP contribution >= 0.6 is 0 Å². The molecule has 1 fully saturated rings. The fourth-order valence-corrected chi connectivity index (χ4v) is 2.38. The van der Waals surface area contributed by atoms with Gasteiger partial charge in [0.15, 0.2) is 0 Å². The number of nitrogens with zero attached hydrogens (tertiary/aromatic N) is 3. The van der Waals surface area contributed by atoms with Crippen molar-refractivity contribution in [1.29, 1.82) is 0 Å². The summed E-state index contributed by atoms with van der Waals surface area (Å²) in [6, 6.07) is 1.94. The summed E-state index contributed by atoms with van der Waals surface area (Å²) in [4.78, 5) is 11.5. The maximum Gasteiger partial charge on any atom is 0.145 e. The van der Waals surface area contributed by atoms with Gasteiger partial charge in [0.05, 0.1) is 0 Å². The molecule has 1 aromatic heterocycles. The van der Waals surface area contributed by atoms with Gasteiger partial charge in [-0.15, -0.1) is 0 Å². The fraction of sp³-hybridized carbons (Fsp3) is 0.714. The average Bonchev–Trinajstić information content (AvgIpc) is 2.86. The zero-order chi connectivity index (χ0) is 14.0. The first-order chi connectivity index (χ1) is 8.94. The number of hydrogen-bond acceptors (Lipinski definition) is 5. The SMILES string of the molecule is CCC1CCN(c2cc(NN)nc(C(C)(C)C)n2)C1. The van der Waals surface area contributed by atoms with Crippen molar-refractivity contribution in [2.45, 2.75) is 46.0 Å². The second-order valence-corrected chi connectivity index (χ2v) is 6.34. The fourth-order valence-electron chi connectivity index (χ4n) is 2.38. The highest BCUT2D eigenvalue weighted by molar-refractivity contribution is 5.50. The van der Waals surface area contributed by atoms with E-state index < -0.39 is 0 Å². The van der Waals surface area contributed by atoms with Gasteiger partial charge in [-0.25, -0.2) is 15.8 Å². The maximum absolute atomic E-state index is 5.52. The third-order valence-corrected chi connectivity index (χ3v) is 3.72. The van der Waals surface area contributed by atoms with Crippen molar-refractivity contribution in [3.05, 3.63) is 11.9 Å². The van der Waals surface area contributed by atoms with Crippen LogP contribution in [-0.2, 0) is 5.41 Å². The Morgan fingerprint density at radius 1 is 1.42 bits per heavy atom. The van der Waals surface area contributed by atoms with Crippen LogP contribution in [0.4, 0.5) is 11.6 Å². The maximum atomic E-state index is 5.52. The highest BCUT2D eigenvalue weighted by Crippen LogP contribution is 2.28. The summed E-state index contributed by atoms with van der Waals surface area (Å²) < 4.78 is 0. The quantitative estimate of drug-likeness (QED) is 0.647. The molecule has 0 spiro atoms. The molecule has 1 saturated heterocycles. The number of aromatic nitrogens is 2. The number of nitrogens with two attached hydrogens (primary N) is 1. The zero-order valence-electron chi connectivity index (χ0n) is 12.4. The van der Waals surface area contributed by atoms with Crippen LogP contribution in [0.2, 0.25) is 0 Å². The van der Waals surface area contributed by atoms with Gasteiger partial charge in [0.1, 0.15) is 17.5 Å². The number of hydrogen-bond donors (Lipinski definition) is 2. The lowest BCUT2D eigenvalue weighted by atomic mass is 9.96. The lowest BCUT2D eigenvalue weighted by Crippen LogP contribution is -2.25. The number of nitrogens with one attached hydrogen (secondary N) is 1. The molecule has 1 atom stereocenters. The van der Waals surface area contributed by atoms with Gasteiger partial charge in [0.2, 0.25) is 0 Å². The van der Waals surface area contributed by atoms with E-state index in [4.69, 9.17) is 10.8 Å². The summed E-state index contributed by atoms with van der Waals surface area (Å²) >= 11 is 0. The molecule has 0 aliphatic carbocycles. The second-order valence-electron chi connectivity index (χ2n) is 6.34. The van der Waals surface area contributed by atoms with Crippen molar-refractivity contribution in [3.8, 4) is 0 Å². The predicted octanol–water partition coefficient (Wildman–Crippen LogP) is 2.30. The van der Waals surface area contributed by atoms with Crippen LogP contribution in [0.5, 0.6) is 0 Å². The van der Waals surface area contributed by atoms with Crippen LogP contribution in [-0.4, -0.2) is 23.1 Å². The molecule has 0 bridgehead atoms. The van der Waals surface area contributed by atoms with Gasteiger partial charge in [-0.1, -0.05) is 34.1 Å². The summed E-state index contributed by atoms with van der Waals surface area (Å²) in [6.45, 7) is 10.8. The number of rotatable bonds is 3. The summed E-state index contributed by atoms with van der Waals surface area (Å²) in [5.74, 6) is 8.81. The van der Waals surface area contributed by atoms with Gasteiger partial charge < -0.3 is 10.3 Å². The van der Waals surface area contributed by atoms with Crippen LogP contribution in [0.3, 0.4) is 0 Å². The highest BCUT2D eigenvalue weighted by Gasteiger charge is 2.25. The summed E-state index contributed by atoms with van der Waals surface area (Å²) in [7, 11) is 0. The lowest BCUT2D eigenvalue weighted by Gasteiger charge is -2.23. The molecule has 3 N–H and O–H groups in total. The number of nitrogen functional groups attached to an aromatic ring is 1. The highest BCUT2D eigenvalue weighted by atomic mass is 15.3. The van der Waals surface area contributed by atoms with E-state index in [1.165, 1.54) is 12.8 Å². The largest absolute Gasteiger partial charge is 0.356 e. The Bertz CT molecular complexity index is 438. The van der Waals surface area contributed by atoms with E-state index in [0.29, 0.717) is 5.82 Å². The third kappa shape index (κ3) is 3.15. The molecule has 19 heavy (non-hydrogen) atoms. The molecule has 0 aromatic carbocycles. The normalized spacial score (nSPS) is 19.8.